The summed E-state index contributed by atoms with van der Waals surface area (Å²) in [5.41, 5.74) is -0.272. The van der Waals surface area contributed by atoms with Crippen molar-refractivity contribution < 1.29 is 27.4 Å². The number of primary sulfonamides is 1. The van der Waals surface area contributed by atoms with Crippen LogP contribution in [0.25, 0.3) is 0 Å². The number of ether oxygens (including phenoxy) is 3. The van der Waals surface area contributed by atoms with Crippen LogP contribution in [0.5, 0.6) is 5.19 Å². The molecule has 1 atom stereocenters. The number of nitrogens with zero attached hydrogens (tertiary/aromatic N) is 2. The van der Waals surface area contributed by atoms with Gasteiger partial charge in [-0.05, 0) is 27.7 Å². The van der Waals surface area contributed by atoms with Crippen molar-refractivity contribution in [2.24, 2.45) is 5.14 Å². The number of hydrogen-bond acceptors (Lipinski definition) is 8. The zero-order valence-electron chi connectivity index (χ0n) is 14.6. The number of carbonyl (C=O) groups is 1. The maximum atomic E-state index is 12.1. The molecule has 0 unspecified atom stereocenters. The fraction of sp³-hybridized carbons (Fsp3) is 0.714. The van der Waals surface area contributed by atoms with E-state index in [1.807, 2.05) is 0 Å². The molecule has 1 aromatic heterocycles. The van der Waals surface area contributed by atoms with E-state index >= 15 is 0 Å². The van der Waals surface area contributed by atoms with Gasteiger partial charge in [0.25, 0.3) is 5.19 Å². The molecule has 1 saturated heterocycles. The Bertz CT molecular complexity index is 725. The predicted molar refractivity (Wildman–Crippen MR) is 91.3 cm³/mol. The molecule has 2 rings (SSSR count). The molecule has 1 fully saturated rings. The van der Waals surface area contributed by atoms with Crippen LogP contribution in [-0.2, 0) is 19.5 Å². The first-order valence-electron chi connectivity index (χ1n) is 7.68. The summed E-state index contributed by atoms with van der Waals surface area (Å²) in [6.07, 6.45) is -0.759. The Morgan fingerprint density at radius 3 is 2.72 bits per heavy atom. The molecule has 2 N–H and O–H groups in total. The number of thiazole rings is 1. The smallest absolute Gasteiger partial charge is 0.410 e. The number of hydrogen-bond donors (Lipinski definition) is 1. The molecule has 0 radical (unpaired) electrons. The van der Waals surface area contributed by atoms with E-state index in [0.29, 0.717) is 25.4 Å². The third-order valence-corrected chi connectivity index (χ3v) is 5.80. The summed E-state index contributed by atoms with van der Waals surface area (Å²) in [7, 11) is -3.82. The number of aryl methyl sites for hydroxylation is 1. The molecule has 142 valence electrons. The SMILES string of the molecule is Cc1nc(OC[C@@H]2CN(C(=O)OC(C)(C)C)CCO2)sc1S(N)(=O)=O. The Balaban J connectivity index is 1.92. The van der Waals surface area contributed by atoms with Gasteiger partial charge in [-0.25, -0.2) is 23.3 Å². The summed E-state index contributed by atoms with van der Waals surface area (Å²) in [4.78, 5) is 17.7. The first-order chi connectivity index (χ1) is 11.5. The molecule has 1 aliphatic heterocycles. The second-order valence-corrected chi connectivity index (χ2v) is 9.35. The third-order valence-electron chi connectivity index (χ3n) is 3.18. The van der Waals surface area contributed by atoms with Crippen LogP contribution in [0.4, 0.5) is 4.79 Å². The minimum absolute atomic E-state index is 0.0255. The Hall–Kier alpha value is -1.43. The number of nitrogens with two attached hydrogens (primary N) is 1. The first-order valence-corrected chi connectivity index (χ1v) is 10.0. The van der Waals surface area contributed by atoms with Crippen LogP contribution in [-0.4, -0.2) is 62.4 Å². The van der Waals surface area contributed by atoms with E-state index in [-0.39, 0.29) is 22.1 Å². The molecular formula is C14H23N3O6S2. The molecule has 1 aromatic rings. The van der Waals surface area contributed by atoms with E-state index in [2.05, 4.69) is 4.98 Å². The third kappa shape index (κ3) is 5.80. The molecule has 1 amide bonds. The summed E-state index contributed by atoms with van der Waals surface area (Å²) in [5.74, 6) is 0. The van der Waals surface area contributed by atoms with Crippen LogP contribution in [0.15, 0.2) is 4.21 Å². The highest BCUT2D eigenvalue weighted by Gasteiger charge is 2.29. The van der Waals surface area contributed by atoms with Gasteiger partial charge < -0.3 is 19.1 Å². The lowest BCUT2D eigenvalue weighted by atomic mass is 10.2. The second-order valence-electron chi connectivity index (χ2n) is 6.63. The van der Waals surface area contributed by atoms with Gasteiger partial charge in [0, 0.05) is 6.54 Å². The molecule has 11 heteroatoms. The average molecular weight is 393 g/mol. The normalized spacial score (nSPS) is 18.9. The topological polar surface area (TPSA) is 121 Å². The van der Waals surface area contributed by atoms with Gasteiger partial charge in [0.1, 0.15) is 18.3 Å². The summed E-state index contributed by atoms with van der Waals surface area (Å²) >= 11 is 0.863. The van der Waals surface area contributed by atoms with Crippen LogP contribution in [0.2, 0.25) is 0 Å². The van der Waals surface area contributed by atoms with Gasteiger partial charge in [0.05, 0.1) is 18.8 Å². The lowest BCUT2D eigenvalue weighted by Crippen LogP contribution is -2.49. The molecule has 1 aliphatic rings. The zero-order valence-corrected chi connectivity index (χ0v) is 16.3. The number of sulfonamides is 1. The number of aromatic nitrogens is 1. The minimum Gasteiger partial charge on any atom is -0.467 e. The van der Waals surface area contributed by atoms with Crippen molar-refractivity contribution >= 4 is 27.5 Å². The van der Waals surface area contributed by atoms with E-state index in [1.165, 1.54) is 0 Å². The molecular weight excluding hydrogens is 370 g/mol. The Morgan fingerprint density at radius 1 is 1.48 bits per heavy atom. The fourth-order valence-electron chi connectivity index (χ4n) is 2.16. The van der Waals surface area contributed by atoms with Crippen LogP contribution in [0.3, 0.4) is 0 Å². The van der Waals surface area contributed by atoms with E-state index in [4.69, 9.17) is 19.3 Å². The Morgan fingerprint density at radius 2 is 2.16 bits per heavy atom. The number of rotatable bonds is 4. The summed E-state index contributed by atoms with van der Waals surface area (Å²) in [6, 6.07) is 0. The minimum atomic E-state index is -3.82. The molecule has 0 bridgehead atoms. The van der Waals surface area contributed by atoms with Crippen molar-refractivity contribution in [3.63, 3.8) is 0 Å². The first kappa shape index (κ1) is 19.9. The summed E-state index contributed by atoms with van der Waals surface area (Å²) < 4.78 is 39.2. The largest absolute Gasteiger partial charge is 0.467 e. The van der Waals surface area contributed by atoms with Gasteiger partial charge >= 0.3 is 6.09 Å². The highest BCUT2D eigenvalue weighted by molar-refractivity contribution is 7.91. The maximum absolute atomic E-state index is 12.1. The van der Waals surface area contributed by atoms with E-state index < -0.39 is 21.7 Å². The lowest BCUT2D eigenvalue weighted by Gasteiger charge is -2.33. The molecule has 0 saturated carbocycles. The standard InChI is InChI=1S/C14H23N3O6S2/c1-9-11(25(15,19)20)24-12(16-9)22-8-10-7-17(5-6-21-10)13(18)23-14(2,3)4/h10H,5-8H2,1-4H3,(H2,15,19,20)/t10-/m0/s1. The molecule has 9 nitrogen and oxygen atoms in total. The molecule has 25 heavy (non-hydrogen) atoms. The highest BCUT2D eigenvalue weighted by Crippen LogP contribution is 2.28. The highest BCUT2D eigenvalue weighted by atomic mass is 32.2. The van der Waals surface area contributed by atoms with Crippen molar-refractivity contribution in [1.82, 2.24) is 9.88 Å². The molecule has 0 aliphatic carbocycles. The van der Waals surface area contributed by atoms with Crippen LogP contribution >= 0.6 is 11.3 Å². The van der Waals surface area contributed by atoms with Crippen molar-refractivity contribution in [1.29, 1.82) is 0 Å². The molecule has 0 spiro atoms. The van der Waals surface area contributed by atoms with Gasteiger partial charge in [-0.15, -0.1) is 0 Å². The zero-order chi connectivity index (χ0) is 18.8. The van der Waals surface area contributed by atoms with Crippen molar-refractivity contribution in [3.05, 3.63) is 5.69 Å². The predicted octanol–water partition coefficient (Wildman–Crippen LogP) is 1.11. The van der Waals surface area contributed by atoms with Gasteiger partial charge in [0.2, 0.25) is 10.0 Å². The lowest BCUT2D eigenvalue weighted by molar-refractivity contribution is -0.0557. The van der Waals surface area contributed by atoms with E-state index in [0.717, 1.165) is 11.3 Å². The molecule has 2 heterocycles. The Kier molecular flexibility index (Phi) is 5.92. The van der Waals surface area contributed by atoms with Gasteiger partial charge in [0.15, 0.2) is 4.21 Å². The average Bonchev–Trinajstić information content (AvgIpc) is 2.85. The van der Waals surface area contributed by atoms with Crippen molar-refractivity contribution in [3.8, 4) is 5.19 Å². The molecule has 0 aromatic carbocycles. The fourth-order valence-corrected chi connectivity index (χ4v) is 3.96. The number of amides is 1. The van der Waals surface area contributed by atoms with Crippen molar-refractivity contribution in [2.45, 2.75) is 43.6 Å². The number of morpholine rings is 1. The van der Waals surface area contributed by atoms with Crippen molar-refractivity contribution in [2.75, 3.05) is 26.3 Å². The second kappa shape index (κ2) is 7.44. The van der Waals surface area contributed by atoms with Crippen LogP contribution in [0.1, 0.15) is 26.5 Å². The summed E-state index contributed by atoms with van der Waals surface area (Å²) in [5, 5.41) is 5.31. The van der Waals surface area contributed by atoms with Gasteiger partial charge in [-0.3, -0.25) is 0 Å². The Labute approximate surface area is 151 Å². The van der Waals surface area contributed by atoms with Gasteiger partial charge in [-0.2, -0.15) is 0 Å². The van der Waals surface area contributed by atoms with Crippen LogP contribution < -0.4 is 9.88 Å². The quantitative estimate of drug-likeness (QED) is 0.813. The van der Waals surface area contributed by atoms with Crippen LogP contribution in [0, 0.1) is 6.92 Å². The monoisotopic (exact) mass is 393 g/mol. The summed E-state index contributed by atoms with van der Waals surface area (Å²) in [6.45, 7) is 8.23. The van der Waals surface area contributed by atoms with E-state index in [1.54, 1.807) is 32.6 Å². The van der Waals surface area contributed by atoms with Gasteiger partial charge in [-0.1, -0.05) is 11.3 Å². The number of carbonyl (C=O) groups excluding carboxylic acids is 1. The van der Waals surface area contributed by atoms with E-state index in [9.17, 15) is 13.2 Å². The maximum Gasteiger partial charge on any atom is 0.410 e.